The van der Waals surface area contributed by atoms with Gasteiger partial charge in [0.25, 0.3) is 0 Å². The second kappa shape index (κ2) is 8.23. The van der Waals surface area contributed by atoms with Crippen LogP contribution in [0.5, 0.6) is 0 Å². The van der Waals surface area contributed by atoms with Gasteiger partial charge in [-0.05, 0) is 57.9 Å². The number of likely N-dealkylation sites (N-methyl/N-ethyl adjacent to an activating group) is 1. The summed E-state index contributed by atoms with van der Waals surface area (Å²) in [4.78, 5) is 5.10. The van der Waals surface area contributed by atoms with Crippen molar-refractivity contribution in [1.82, 2.24) is 15.1 Å². The van der Waals surface area contributed by atoms with Crippen LogP contribution < -0.4 is 5.32 Å². The number of nitrogens with one attached hydrogen (secondary N) is 1. The summed E-state index contributed by atoms with van der Waals surface area (Å²) in [5.41, 5.74) is 0.359. The molecule has 19 heavy (non-hydrogen) atoms. The lowest BCUT2D eigenvalue weighted by Crippen LogP contribution is -2.43. The Balaban J connectivity index is 2.37. The fraction of sp³-hybridized carbons (Fsp3) is 1.00. The van der Waals surface area contributed by atoms with Gasteiger partial charge in [-0.1, -0.05) is 27.7 Å². The van der Waals surface area contributed by atoms with Gasteiger partial charge in [0.05, 0.1) is 0 Å². The molecule has 1 unspecified atom stereocenters. The van der Waals surface area contributed by atoms with Crippen molar-refractivity contribution in [2.24, 2.45) is 5.41 Å². The molecule has 1 rings (SSSR count). The monoisotopic (exact) mass is 269 g/mol. The molecule has 0 aromatic heterocycles. The third-order valence-corrected chi connectivity index (χ3v) is 4.23. The van der Waals surface area contributed by atoms with Crippen molar-refractivity contribution in [2.45, 2.75) is 53.0 Å². The first-order chi connectivity index (χ1) is 8.93. The normalized spacial score (nSPS) is 21.3. The zero-order chi connectivity index (χ0) is 14.3. The summed E-state index contributed by atoms with van der Waals surface area (Å²) in [5, 5.41) is 3.74. The van der Waals surface area contributed by atoms with Gasteiger partial charge in [-0.25, -0.2) is 0 Å². The molecule has 0 aliphatic carbocycles. The Kier molecular flexibility index (Phi) is 7.33. The Morgan fingerprint density at radius 2 is 1.84 bits per heavy atom. The lowest BCUT2D eigenvalue weighted by atomic mass is 9.84. The van der Waals surface area contributed by atoms with Crippen LogP contribution in [0.25, 0.3) is 0 Å². The highest BCUT2D eigenvalue weighted by Gasteiger charge is 2.24. The highest BCUT2D eigenvalue weighted by atomic mass is 15.2. The molecule has 0 aromatic carbocycles. The molecular weight excluding hydrogens is 234 g/mol. The van der Waals surface area contributed by atoms with Crippen LogP contribution in [-0.2, 0) is 0 Å². The zero-order valence-electron chi connectivity index (χ0n) is 13.8. The van der Waals surface area contributed by atoms with Gasteiger partial charge in [-0.15, -0.1) is 0 Å². The fourth-order valence-electron chi connectivity index (χ4n) is 2.80. The van der Waals surface area contributed by atoms with Crippen LogP contribution in [0, 0.1) is 5.41 Å². The maximum atomic E-state index is 3.74. The smallest absolute Gasteiger partial charge is 0.0128 e. The molecule has 1 saturated heterocycles. The third-order valence-electron chi connectivity index (χ3n) is 4.23. The number of nitrogens with zero attached hydrogens (tertiary/aromatic N) is 2. The van der Waals surface area contributed by atoms with E-state index in [2.05, 4.69) is 49.9 Å². The van der Waals surface area contributed by atoms with Crippen LogP contribution in [0.2, 0.25) is 0 Å². The van der Waals surface area contributed by atoms with Gasteiger partial charge in [0.15, 0.2) is 0 Å². The molecule has 0 amide bonds. The number of hydrogen-bond acceptors (Lipinski definition) is 3. The summed E-state index contributed by atoms with van der Waals surface area (Å²) in [6.07, 6.45) is 3.81. The maximum Gasteiger partial charge on any atom is 0.0128 e. The molecule has 0 bridgehead atoms. The van der Waals surface area contributed by atoms with Gasteiger partial charge >= 0.3 is 0 Å². The summed E-state index contributed by atoms with van der Waals surface area (Å²) in [6, 6.07) is 0.633. The zero-order valence-corrected chi connectivity index (χ0v) is 13.8. The van der Waals surface area contributed by atoms with Crippen LogP contribution >= 0.6 is 0 Å². The largest absolute Gasteiger partial charge is 0.313 e. The average molecular weight is 269 g/mol. The Morgan fingerprint density at radius 1 is 1.11 bits per heavy atom. The van der Waals surface area contributed by atoms with E-state index in [1.54, 1.807) is 0 Å². The summed E-state index contributed by atoms with van der Waals surface area (Å²) in [6.45, 7) is 16.7. The first-order valence-electron chi connectivity index (χ1n) is 8.07. The van der Waals surface area contributed by atoms with Gasteiger partial charge in [-0.3, -0.25) is 0 Å². The lowest BCUT2D eigenvalue weighted by molar-refractivity contribution is 0.206. The van der Waals surface area contributed by atoms with Crippen molar-refractivity contribution in [1.29, 1.82) is 0 Å². The molecule has 0 aromatic rings. The Morgan fingerprint density at radius 3 is 2.47 bits per heavy atom. The lowest BCUT2D eigenvalue weighted by Gasteiger charge is -2.33. The van der Waals surface area contributed by atoms with E-state index in [4.69, 9.17) is 0 Å². The van der Waals surface area contributed by atoms with Gasteiger partial charge < -0.3 is 15.1 Å². The molecule has 1 atom stereocenters. The van der Waals surface area contributed by atoms with Gasteiger partial charge in [-0.2, -0.15) is 0 Å². The molecule has 1 fully saturated rings. The minimum atomic E-state index is 0.359. The fourth-order valence-corrected chi connectivity index (χ4v) is 2.80. The van der Waals surface area contributed by atoms with Crippen molar-refractivity contribution in [3.8, 4) is 0 Å². The van der Waals surface area contributed by atoms with E-state index < -0.39 is 0 Å². The van der Waals surface area contributed by atoms with E-state index in [-0.39, 0.29) is 0 Å². The van der Waals surface area contributed by atoms with Crippen LogP contribution in [0.4, 0.5) is 0 Å². The van der Waals surface area contributed by atoms with Crippen LogP contribution in [0.15, 0.2) is 0 Å². The van der Waals surface area contributed by atoms with E-state index in [1.165, 1.54) is 52.0 Å². The van der Waals surface area contributed by atoms with Crippen LogP contribution in [0.1, 0.15) is 47.0 Å². The van der Waals surface area contributed by atoms with Crippen molar-refractivity contribution >= 4 is 0 Å². The van der Waals surface area contributed by atoms with Crippen LogP contribution in [-0.4, -0.2) is 62.2 Å². The quantitative estimate of drug-likeness (QED) is 0.799. The molecule has 1 aliphatic rings. The number of hydrogen-bond donors (Lipinski definition) is 1. The minimum absolute atomic E-state index is 0.359. The van der Waals surface area contributed by atoms with E-state index in [9.17, 15) is 0 Å². The van der Waals surface area contributed by atoms with Crippen LogP contribution in [0.3, 0.4) is 0 Å². The van der Waals surface area contributed by atoms with Gasteiger partial charge in [0, 0.05) is 19.1 Å². The highest BCUT2D eigenvalue weighted by molar-refractivity contribution is 4.82. The molecule has 0 radical (unpaired) electrons. The second-order valence-corrected chi connectivity index (χ2v) is 7.16. The topological polar surface area (TPSA) is 18.5 Å². The summed E-state index contributed by atoms with van der Waals surface area (Å²) in [7, 11) is 2.24. The second-order valence-electron chi connectivity index (χ2n) is 7.16. The molecule has 1 N–H and O–H groups in total. The molecule has 0 spiro atoms. The molecule has 1 heterocycles. The summed E-state index contributed by atoms with van der Waals surface area (Å²) in [5.74, 6) is 0. The molecule has 3 heteroatoms. The van der Waals surface area contributed by atoms with Gasteiger partial charge in [0.2, 0.25) is 0 Å². The van der Waals surface area contributed by atoms with E-state index >= 15 is 0 Å². The average Bonchev–Trinajstić information content (AvgIpc) is 2.52. The summed E-state index contributed by atoms with van der Waals surface area (Å²) < 4.78 is 0. The predicted octanol–water partition coefficient (Wildman–Crippen LogP) is 2.43. The molecule has 114 valence electrons. The van der Waals surface area contributed by atoms with Crippen molar-refractivity contribution in [3.63, 3.8) is 0 Å². The maximum absolute atomic E-state index is 3.74. The predicted molar refractivity (Wildman–Crippen MR) is 84.7 cm³/mol. The first-order valence-corrected chi connectivity index (χ1v) is 8.07. The molecule has 3 nitrogen and oxygen atoms in total. The van der Waals surface area contributed by atoms with E-state index in [0.717, 1.165) is 6.54 Å². The Hall–Kier alpha value is -0.120. The Labute approximate surface area is 120 Å². The Bertz CT molecular complexity index is 235. The molecule has 0 saturated carbocycles. The molecule has 1 aliphatic heterocycles. The number of rotatable bonds is 6. The highest BCUT2D eigenvalue weighted by Crippen LogP contribution is 2.22. The molecular formula is C16H35N3. The van der Waals surface area contributed by atoms with Crippen molar-refractivity contribution in [3.05, 3.63) is 0 Å². The SMILES string of the molecule is CCCNC(CCN1CCCN(C)CC1)C(C)(C)C. The first kappa shape index (κ1) is 16.9. The van der Waals surface area contributed by atoms with Crippen molar-refractivity contribution < 1.29 is 0 Å². The minimum Gasteiger partial charge on any atom is -0.313 e. The summed E-state index contributed by atoms with van der Waals surface area (Å²) >= 11 is 0. The standard InChI is InChI=1S/C16H35N3/c1-6-9-17-15(16(2,3)4)8-12-19-11-7-10-18(5)13-14-19/h15,17H,6-14H2,1-5H3. The van der Waals surface area contributed by atoms with E-state index in [0.29, 0.717) is 11.5 Å². The van der Waals surface area contributed by atoms with Gasteiger partial charge in [0.1, 0.15) is 0 Å². The third kappa shape index (κ3) is 6.73. The van der Waals surface area contributed by atoms with Crippen molar-refractivity contribution in [2.75, 3.05) is 46.3 Å². The van der Waals surface area contributed by atoms with E-state index in [1.807, 2.05) is 0 Å².